The molecule has 1 amide bonds. The van der Waals surface area contributed by atoms with Crippen LogP contribution in [0.2, 0.25) is 0 Å². The molecule has 4 rings (SSSR count). The van der Waals surface area contributed by atoms with E-state index in [4.69, 9.17) is 0 Å². The highest BCUT2D eigenvalue weighted by Gasteiger charge is 2.34. The van der Waals surface area contributed by atoms with Crippen molar-refractivity contribution in [3.8, 4) is 0 Å². The minimum atomic E-state index is 0.0104. The lowest BCUT2D eigenvalue weighted by molar-refractivity contribution is 0.101. The summed E-state index contributed by atoms with van der Waals surface area (Å²) < 4.78 is 0.961. The van der Waals surface area contributed by atoms with Crippen LogP contribution in [0.15, 0.2) is 82.2 Å². The number of benzene rings is 3. The molecule has 4 heteroatoms. The first kappa shape index (κ1) is 17.1. The molecule has 0 fully saturated rings. The molecule has 0 bridgehead atoms. The number of amides is 1. The second-order valence-electron chi connectivity index (χ2n) is 5.94. The first-order valence-electron chi connectivity index (χ1n) is 8.23. The minimum Gasteiger partial charge on any atom is -0.275 e. The van der Waals surface area contributed by atoms with E-state index in [-0.39, 0.29) is 5.91 Å². The first-order valence-corrected chi connectivity index (χ1v) is 10.2. The van der Waals surface area contributed by atoms with Crippen LogP contribution in [0.3, 0.4) is 0 Å². The zero-order valence-electron chi connectivity index (χ0n) is 14.1. The molecule has 0 N–H and O–H groups in total. The fraction of sp³-hybridized carbons (Fsp3) is 0.0455. The number of fused-ring (bicyclic) bond motifs is 1. The third kappa shape index (κ3) is 3.00. The van der Waals surface area contributed by atoms with Crippen molar-refractivity contribution in [2.45, 2.75) is 4.90 Å². The van der Waals surface area contributed by atoms with Gasteiger partial charge >= 0.3 is 0 Å². The highest BCUT2D eigenvalue weighted by Crippen LogP contribution is 2.42. The predicted molar refractivity (Wildman–Crippen MR) is 113 cm³/mol. The summed E-state index contributed by atoms with van der Waals surface area (Å²) >= 11 is 5.19. The van der Waals surface area contributed by atoms with Crippen LogP contribution in [0.5, 0.6) is 0 Å². The molecule has 2 nitrogen and oxygen atoms in total. The molecule has 0 radical (unpaired) electrons. The second kappa shape index (κ2) is 7.14. The van der Waals surface area contributed by atoms with E-state index in [1.54, 1.807) is 11.8 Å². The van der Waals surface area contributed by atoms with Crippen LogP contribution < -0.4 is 4.90 Å². The Kier molecular flexibility index (Phi) is 4.70. The molecule has 0 saturated heterocycles. The number of anilines is 1. The standard InChI is InChI=1S/C22H16BrNOS/c1-26-21-10-6-5-9-19(21)24-20(13-15-7-3-2-4-8-15)18-14-16(23)11-12-17(18)22(24)25/h2-14H,1H3. The molecule has 0 aromatic heterocycles. The lowest BCUT2D eigenvalue weighted by atomic mass is 10.1. The maximum Gasteiger partial charge on any atom is 0.263 e. The summed E-state index contributed by atoms with van der Waals surface area (Å²) in [6.07, 6.45) is 4.11. The van der Waals surface area contributed by atoms with Gasteiger partial charge in [0.05, 0.1) is 11.4 Å². The Labute approximate surface area is 165 Å². The van der Waals surface area contributed by atoms with Crippen molar-refractivity contribution < 1.29 is 4.79 Å². The Bertz CT molecular complexity index is 1010. The Hall–Kier alpha value is -2.30. The van der Waals surface area contributed by atoms with E-state index in [0.29, 0.717) is 0 Å². The third-order valence-electron chi connectivity index (χ3n) is 4.36. The molecule has 128 valence electrons. The van der Waals surface area contributed by atoms with Crippen molar-refractivity contribution in [3.63, 3.8) is 0 Å². The van der Waals surface area contributed by atoms with Gasteiger partial charge in [0.25, 0.3) is 5.91 Å². The number of nitrogens with zero attached hydrogens (tertiary/aromatic N) is 1. The highest BCUT2D eigenvalue weighted by molar-refractivity contribution is 9.10. The number of carbonyl (C=O) groups excluding carboxylic acids is 1. The van der Waals surface area contributed by atoms with E-state index in [1.807, 2.05) is 84.0 Å². The van der Waals surface area contributed by atoms with E-state index in [9.17, 15) is 4.79 Å². The normalized spacial score (nSPS) is 14.8. The molecule has 1 aliphatic heterocycles. The lowest BCUT2D eigenvalue weighted by Crippen LogP contribution is -2.22. The van der Waals surface area contributed by atoms with Crippen LogP contribution in [0.4, 0.5) is 5.69 Å². The fourth-order valence-electron chi connectivity index (χ4n) is 3.17. The summed E-state index contributed by atoms with van der Waals surface area (Å²) in [5.74, 6) is 0.0104. The Morgan fingerprint density at radius 2 is 1.65 bits per heavy atom. The van der Waals surface area contributed by atoms with Crippen molar-refractivity contribution >= 4 is 51.1 Å². The monoisotopic (exact) mass is 421 g/mol. The van der Waals surface area contributed by atoms with Crippen LogP contribution in [0, 0.1) is 0 Å². The minimum absolute atomic E-state index is 0.0104. The van der Waals surface area contributed by atoms with E-state index >= 15 is 0 Å². The number of halogens is 1. The van der Waals surface area contributed by atoms with Gasteiger partial charge in [-0.1, -0.05) is 58.4 Å². The van der Waals surface area contributed by atoms with Crippen LogP contribution in [-0.4, -0.2) is 12.2 Å². The van der Waals surface area contributed by atoms with Crippen molar-refractivity contribution in [1.82, 2.24) is 0 Å². The molecule has 1 heterocycles. The van der Waals surface area contributed by atoms with E-state index in [0.717, 1.165) is 37.4 Å². The Balaban J connectivity index is 1.95. The summed E-state index contributed by atoms with van der Waals surface area (Å²) in [6, 6.07) is 24.0. The molecule has 1 aliphatic rings. The number of para-hydroxylation sites is 1. The van der Waals surface area contributed by atoms with Gasteiger partial charge in [0.1, 0.15) is 0 Å². The van der Waals surface area contributed by atoms with E-state index < -0.39 is 0 Å². The first-order chi connectivity index (χ1) is 12.7. The number of hydrogen-bond donors (Lipinski definition) is 0. The molecular formula is C22H16BrNOS. The molecule has 3 aromatic rings. The topological polar surface area (TPSA) is 20.3 Å². The summed E-state index contributed by atoms with van der Waals surface area (Å²) in [4.78, 5) is 16.1. The maximum absolute atomic E-state index is 13.2. The summed E-state index contributed by atoms with van der Waals surface area (Å²) in [5, 5.41) is 0. The fourth-order valence-corrected chi connectivity index (χ4v) is 4.11. The van der Waals surface area contributed by atoms with Gasteiger partial charge in [0.15, 0.2) is 0 Å². The van der Waals surface area contributed by atoms with Crippen molar-refractivity contribution in [2.24, 2.45) is 0 Å². The van der Waals surface area contributed by atoms with Crippen LogP contribution >= 0.6 is 27.7 Å². The predicted octanol–water partition coefficient (Wildman–Crippen LogP) is 6.33. The maximum atomic E-state index is 13.2. The van der Waals surface area contributed by atoms with Gasteiger partial charge in [0.2, 0.25) is 0 Å². The Morgan fingerprint density at radius 1 is 0.923 bits per heavy atom. The van der Waals surface area contributed by atoms with Crippen molar-refractivity contribution in [1.29, 1.82) is 0 Å². The summed E-state index contributed by atoms with van der Waals surface area (Å²) in [5.41, 5.74) is 4.56. The van der Waals surface area contributed by atoms with Gasteiger partial charge in [-0.25, -0.2) is 0 Å². The van der Waals surface area contributed by atoms with Gasteiger partial charge < -0.3 is 0 Å². The summed E-state index contributed by atoms with van der Waals surface area (Å²) in [6.45, 7) is 0. The van der Waals surface area contributed by atoms with Crippen LogP contribution in [-0.2, 0) is 0 Å². The molecular weight excluding hydrogens is 406 g/mol. The largest absolute Gasteiger partial charge is 0.275 e. The van der Waals surface area contributed by atoms with E-state index in [2.05, 4.69) is 22.0 Å². The zero-order chi connectivity index (χ0) is 18.1. The molecule has 0 atom stereocenters. The van der Waals surface area contributed by atoms with Crippen molar-refractivity contribution in [2.75, 3.05) is 11.2 Å². The number of rotatable bonds is 3. The van der Waals surface area contributed by atoms with E-state index in [1.165, 1.54) is 0 Å². The average molecular weight is 422 g/mol. The highest BCUT2D eigenvalue weighted by atomic mass is 79.9. The summed E-state index contributed by atoms with van der Waals surface area (Å²) in [7, 11) is 0. The van der Waals surface area contributed by atoms with Crippen molar-refractivity contribution in [3.05, 3.63) is 94.0 Å². The van der Waals surface area contributed by atoms with Gasteiger partial charge in [-0.05, 0) is 48.2 Å². The van der Waals surface area contributed by atoms with Crippen LogP contribution in [0.1, 0.15) is 21.5 Å². The Morgan fingerprint density at radius 3 is 2.42 bits per heavy atom. The molecule has 26 heavy (non-hydrogen) atoms. The number of carbonyl (C=O) groups is 1. The van der Waals surface area contributed by atoms with Gasteiger partial charge in [0, 0.05) is 20.5 Å². The molecule has 3 aromatic carbocycles. The second-order valence-corrected chi connectivity index (χ2v) is 7.71. The van der Waals surface area contributed by atoms with Crippen LogP contribution in [0.25, 0.3) is 11.8 Å². The lowest BCUT2D eigenvalue weighted by Gasteiger charge is -2.21. The number of hydrogen-bond acceptors (Lipinski definition) is 2. The molecule has 0 spiro atoms. The molecule has 0 aliphatic carbocycles. The van der Waals surface area contributed by atoms with Gasteiger partial charge in [-0.15, -0.1) is 11.8 Å². The van der Waals surface area contributed by atoms with Gasteiger partial charge in [-0.2, -0.15) is 0 Å². The molecule has 0 saturated carbocycles. The molecule has 0 unspecified atom stereocenters. The zero-order valence-corrected chi connectivity index (χ0v) is 16.5. The smallest absolute Gasteiger partial charge is 0.263 e. The number of thioether (sulfide) groups is 1. The van der Waals surface area contributed by atoms with Gasteiger partial charge in [-0.3, -0.25) is 9.69 Å². The third-order valence-corrected chi connectivity index (χ3v) is 5.64. The quantitative estimate of drug-likeness (QED) is 0.460. The average Bonchev–Trinajstić information content (AvgIpc) is 2.93. The SMILES string of the molecule is CSc1ccccc1N1C(=O)c2ccc(Br)cc2C1=Cc1ccccc1.